The summed E-state index contributed by atoms with van der Waals surface area (Å²) in [6.45, 7) is 2.33. The van der Waals surface area contributed by atoms with Gasteiger partial charge in [0.25, 0.3) is 5.91 Å². The number of carbonyl (C=O) groups is 1. The summed E-state index contributed by atoms with van der Waals surface area (Å²) in [6, 6.07) is 21.3. The third kappa shape index (κ3) is 4.55. The van der Waals surface area contributed by atoms with Gasteiger partial charge in [-0.25, -0.2) is 0 Å². The number of rotatable bonds is 5. The van der Waals surface area contributed by atoms with Crippen molar-refractivity contribution in [1.29, 1.82) is 0 Å². The van der Waals surface area contributed by atoms with Crippen LogP contribution in [-0.4, -0.2) is 22.2 Å². The van der Waals surface area contributed by atoms with Crippen LogP contribution < -0.4 is 0 Å². The minimum absolute atomic E-state index is 0.108. The monoisotopic (exact) mass is 401 g/mol. The summed E-state index contributed by atoms with van der Waals surface area (Å²) < 4.78 is 5.42. The van der Waals surface area contributed by atoms with E-state index < -0.39 is 0 Å². The average Bonchev–Trinajstić information content (AvgIpc) is 3.35. The third-order valence-corrected chi connectivity index (χ3v) is 5.40. The van der Waals surface area contributed by atoms with Crippen LogP contribution in [0, 0.1) is 6.92 Å². The minimum atomic E-state index is -0.108. The summed E-state index contributed by atoms with van der Waals surface area (Å²) in [7, 11) is 0. The molecule has 0 unspecified atom stereocenters. The van der Waals surface area contributed by atoms with Gasteiger partial charge in [-0.1, -0.05) is 54.6 Å². The van der Waals surface area contributed by atoms with Gasteiger partial charge in [-0.2, -0.15) is 5.10 Å². The van der Waals surface area contributed by atoms with Crippen LogP contribution in [0.25, 0.3) is 6.08 Å². The molecular weight excluding hydrogens is 382 g/mol. The van der Waals surface area contributed by atoms with Crippen LogP contribution in [0.3, 0.4) is 0 Å². The maximum Gasteiger partial charge on any atom is 0.267 e. The molecule has 6 heteroatoms. The van der Waals surface area contributed by atoms with Crippen molar-refractivity contribution in [2.45, 2.75) is 13.5 Å². The first-order valence-corrected chi connectivity index (χ1v) is 9.98. The van der Waals surface area contributed by atoms with Crippen molar-refractivity contribution < 1.29 is 9.21 Å². The van der Waals surface area contributed by atoms with Gasteiger partial charge in [0.15, 0.2) is 5.17 Å². The van der Waals surface area contributed by atoms with Crippen LogP contribution >= 0.6 is 11.8 Å². The summed E-state index contributed by atoms with van der Waals surface area (Å²) >= 11 is 1.32. The molecule has 0 spiro atoms. The van der Waals surface area contributed by atoms with Gasteiger partial charge in [-0.3, -0.25) is 9.69 Å². The Morgan fingerprint density at radius 3 is 2.59 bits per heavy atom. The fourth-order valence-electron chi connectivity index (χ4n) is 2.85. The highest BCUT2D eigenvalue weighted by Gasteiger charge is 2.34. The molecule has 1 aliphatic rings. The highest BCUT2D eigenvalue weighted by Crippen LogP contribution is 2.34. The smallest absolute Gasteiger partial charge is 0.267 e. The van der Waals surface area contributed by atoms with Crippen molar-refractivity contribution in [3.05, 3.63) is 100 Å². The summed E-state index contributed by atoms with van der Waals surface area (Å²) in [4.78, 5) is 15.3. The van der Waals surface area contributed by atoms with Crippen LogP contribution in [0.4, 0.5) is 0 Å². The quantitative estimate of drug-likeness (QED) is 0.340. The Hall–Kier alpha value is -3.38. The Morgan fingerprint density at radius 1 is 1.03 bits per heavy atom. The molecule has 2 aromatic carbocycles. The summed E-state index contributed by atoms with van der Waals surface area (Å²) in [6.07, 6.45) is 5.17. The minimum Gasteiger partial charge on any atom is -0.467 e. The van der Waals surface area contributed by atoms with Crippen LogP contribution in [0.15, 0.2) is 92.5 Å². The summed E-state index contributed by atoms with van der Waals surface area (Å²) in [5.74, 6) is 0.583. The predicted octanol–water partition coefficient (Wildman–Crippen LogP) is 5.09. The largest absolute Gasteiger partial charge is 0.467 e. The topological polar surface area (TPSA) is 58.2 Å². The lowest BCUT2D eigenvalue weighted by molar-refractivity contribution is -0.122. The van der Waals surface area contributed by atoms with E-state index in [0.717, 1.165) is 16.7 Å². The molecule has 0 radical (unpaired) electrons. The van der Waals surface area contributed by atoms with Gasteiger partial charge < -0.3 is 4.42 Å². The number of furan rings is 1. The van der Waals surface area contributed by atoms with Crippen LogP contribution in [0.5, 0.6) is 0 Å². The first-order chi connectivity index (χ1) is 14.2. The zero-order valence-corrected chi connectivity index (χ0v) is 16.7. The Labute approximate surface area is 173 Å². The maximum atomic E-state index is 13.1. The molecule has 3 aromatic rings. The molecule has 144 valence electrons. The lowest BCUT2D eigenvalue weighted by Gasteiger charge is -2.12. The zero-order chi connectivity index (χ0) is 20.1. The number of nitrogens with zero attached hydrogens (tertiary/aromatic N) is 3. The second-order valence-electron chi connectivity index (χ2n) is 6.48. The number of amides is 1. The molecule has 5 nitrogen and oxygen atoms in total. The van der Waals surface area contributed by atoms with Crippen molar-refractivity contribution in [2.75, 3.05) is 0 Å². The number of hydrogen-bond acceptors (Lipinski definition) is 5. The van der Waals surface area contributed by atoms with E-state index in [9.17, 15) is 4.79 Å². The first kappa shape index (κ1) is 19.0. The Bertz CT molecular complexity index is 1090. The molecule has 1 aliphatic heterocycles. The van der Waals surface area contributed by atoms with Crippen LogP contribution in [0.1, 0.15) is 22.5 Å². The van der Waals surface area contributed by atoms with E-state index in [1.165, 1.54) is 11.8 Å². The van der Waals surface area contributed by atoms with Crippen molar-refractivity contribution >= 4 is 35.1 Å². The lowest BCUT2D eigenvalue weighted by atomic mass is 10.1. The van der Waals surface area contributed by atoms with E-state index in [1.54, 1.807) is 23.4 Å². The van der Waals surface area contributed by atoms with E-state index in [-0.39, 0.29) is 5.91 Å². The average molecular weight is 401 g/mol. The van der Waals surface area contributed by atoms with E-state index in [2.05, 4.69) is 10.2 Å². The Morgan fingerprint density at radius 2 is 1.83 bits per heavy atom. The standard InChI is InChI=1S/C23H19N3O2S/c1-17-8-5-6-11-19(17)14-21-22(27)26(16-20-12-7-13-28-20)23(29-21)25-24-15-18-9-3-2-4-10-18/h2-15H,16H2,1H3/b21-14-,24-15+,25-23-. The van der Waals surface area contributed by atoms with E-state index in [0.29, 0.717) is 22.4 Å². The van der Waals surface area contributed by atoms with Crippen LogP contribution in [0.2, 0.25) is 0 Å². The van der Waals surface area contributed by atoms with Crippen LogP contribution in [-0.2, 0) is 11.3 Å². The lowest BCUT2D eigenvalue weighted by Crippen LogP contribution is -2.28. The highest BCUT2D eigenvalue weighted by atomic mass is 32.2. The van der Waals surface area contributed by atoms with Gasteiger partial charge in [0.05, 0.1) is 23.9 Å². The highest BCUT2D eigenvalue weighted by molar-refractivity contribution is 8.18. The molecular formula is C23H19N3O2S. The van der Waals surface area contributed by atoms with E-state index >= 15 is 0 Å². The van der Waals surface area contributed by atoms with Gasteiger partial charge in [-0.05, 0) is 53.6 Å². The third-order valence-electron chi connectivity index (χ3n) is 4.41. The second-order valence-corrected chi connectivity index (χ2v) is 7.48. The normalized spacial score (nSPS) is 17.1. The predicted molar refractivity (Wildman–Crippen MR) is 117 cm³/mol. The van der Waals surface area contributed by atoms with Crippen molar-refractivity contribution in [3.63, 3.8) is 0 Å². The zero-order valence-electron chi connectivity index (χ0n) is 15.9. The molecule has 1 amide bonds. The summed E-state index contributed by atoms with van der Waals surface area (Å²) in [5, 5.41) is 9.03. The van der Waals surface area contributed by atoms with Gasteiger partial charge in [0.2, 0.25) is 0 Å². The first-order valence-electron chi connectivity index (χ1n) is 9.16. The molecule has 4 rings (SSSR count). The molecule has 0 aliphatic carbocycles. The van der Waals surface area contributed by atoms with Gasteiger partial charge in [0, 0.05) is 0 Å². The SMILES string of the molecule is Cc1ccccc1/C=C1\S/C(=N\N=C\c2ccccc2)N(Cc2ccco2)C1=O. The van der Waals surface area contributed by atoms with Crippen molar-refractivity contribution in [3.8, 4) is 0 Å². The van der Waals surface area contributed by atoms with Gasteiger partial charge >= 0.3 is 0 Å². The Kier molecular flexibility index (Phi) is 5.72. The molecule has 1 aromatic heterocycles. The number of aryl methyl sites for hydroxylation is 1. The molecule has 0 saturated carbocycles. The Balaban J connectivity index is 1.64. The molecule has 2 heterocycles. The van der Waals surface area contributed by atoms with E-state index in [4.69, 9.17) is 4.42 Å². The number of carbonyl (C=O) groups excluding carboxylic acids is 1. The molecule has 0 bridgehead atoms. The number of benzene rings is 2. The molecule has 0 N–H and O–H groups in total. The fraction of sp³-hybridized carbons (Fsp3) is 0.0870. The summed E-state index contributed by atoms with van der Waals surface area (Å²) in [5.41, 5.74) is 3.06. The van der Waals surface area contributed by atoms with E-state index in [1.807, 2.05) is 73.7 Å². The molecule has 0 atom stereocenters. The molecule has 29 heavy (non-hydrogen) atoms. The second kappa shape index (κ2) is 8.75. The number of hydrogen-bond donors (Lipinski definition) is 0. The molecule has 1 fully saturated rings. The van der Waals surface area contributed by atoms with Gasteiger partial charge in [-0.15, -0.1) is 5.10 Å². The van der Waals surface area contributed by atoms with Crippen molar-refractivity contribution in [2.24, 2.45) is 10.2 Å². The van der Waals surface area contributed by atoms with Gasteiger partial charge in [0.1, 0.15) is 5.76 Å². The molecule has 1 saturated heterocycles. The fourth-order valence-corrected chi connectivity index (χ4v) is 3.78. The number of thioether (sulfide) groups is 1. The maximum absolute atomic E-state index is 13.1. The number of amidine groups is 1. The van der Waals surface area contributed by atoms with Crippen molar-refractivity contribution in [1.82, 2.24) is 4.90 Å².